The lowest BCUT2D eigenvalue weighted by molar-refractivity contribution is 0.0177. The van der Waals surface area contributed by atoms with Gasteiger partial charge in [-0.1, -0.05) is 0 Å². The highest BCUT2D eigenvalue weighted by Crippen LogP contribution is 2.53. The van der Waals surface area contributed by atoms with E-state index in [4.69, 9.17) is 4.74 Å². The van der Waals surface area contributed by atoms with E-state index in [1.807, 2.05) is 54.2 Å². The standard InChI is InChI=1S/C26H44N4O4S/c1-26(2,3)34-25(31)29-16-11-22(12-17-29)10-15-27-18-20-28(21-19-27)23-6-8-24(9-7-23)35(32,33)30-13-4-5-14-30/h6-9,22,32-33H,4-5,10-21H2,1-3H3. The Morgan fingerprint density at radius 2 is 1.54 bits per heavy atom. The molecule has 0 radical (unpaired) electrons. The molecule has 0 aliphatic carbocycles. The second-order valence-electron chi connectivity index (χ2n) is 11.2. The molecule has 3 heterocycles. The Bertz CT molecular complexity index is 823. The van der Waals surface area contributed by atoms with Crippen molar-refractivity contribution in [3.05, 3.63) is 24.3 Å². The third kappa shape index (κ3) is 7.04. The molecule has 4 rings (SSSR count). The van der Waals surface area contributed by atoms with Crippen LogP contribution in [0.2, 0.25) is 0 Å². The van der Waals surface area contributed by atoms with Gasteiger partial charge in [0.1, 0.15) is 5.60 Å². The van der Waals surface area contributed by atoms with Gasteiger partial charge in [-0.05, 0) is 89.6 Å². The predicted octanol–water partition coefficient (Wildman–Crippen LogP) is 4.97. The molecule has 1 aromatic carbocycles. The number of anilines is 1. The number of nitrogens with zero attached hydrogens (tertiary/aromatic N) is 4. The van der Waals surface area contributed by atoms with Gasteiger partial charge >= 0.3 is 6.09 Å². The molecular weight excluding hydrogens is 464 g/mol. The Morgan fingerprint density at radius 1 is 0.943 bits per heavy atom. The summed E-state index contributed by atoms with van der Waals surface area (Å²) in [4.78, 5) is 19.7. The zero-order valence-corrected chi connectivity index (χ0v) is 22.5. The van der Waals surface area contributed by atoms with Crippen LogP contribution < -0.4 is 4.90 Å². The summed E-state index contributed by atoms with van der Waals surface area (Å²) in [5.74, 6) is 0.676. The summed E-state index contributed by atoms with van der Waals surface area (Å²) in [6, 6.07) is 7.85. The number of rotatable bonds is 6. The van der Waals surface area contributed by atoms with Crippen LogP contribution in [0, 0.1) is 5.92 Å². The van der Waals surface area contributed by atoms with Crippen LogP contribution in [0.25, 0.3) is 0 Å². The zero-order valence-electron chi connectivity index (χ0n) is 21.7. The van der Waals surface area contributed by atoms with E-state index in [-0.39, 0.29) is 6.09 Å². The van der Waals surface area contributed by atoms with E-state index in [9.17, 15) is 13.9 Å². The average Bonchev–Trinajstić information content (AvgIpc) is 3.39. The lowest BCUT2D eigenvalue weighted by atomic mass is 9.93. The highest BCUT2D eigenvalue weighted by molar-refractivity contribution is 8.22. The minimum Gasteiger partial charge on any atom is -0.444 e. The summed E-state index contributed by atoms with van der Waals surface area (Å²) < 4.78 is 28.7. The number of carbonyl (C=O) groups excluding carboxylic acids is 1. The fourth-order valence-corrected chi connectivity index (χ4v) is 6.82. The maximum atomic E-state index is 12.3. The van der Waals surface area contributed by atoms with Gasteiger partial charge in [0.15, 0.2) is 0 Å². The molecule has 3 aliphatic heterocycles. The molecule has 0 spiro atoms. The van der Waals surface area contributed by atoms with Gasteiger partial charge in [-0.2, -0.15) is 0 Å². The van der Waals surface area contributed by atoms with Crippen LogP contribution in [0.15, 0.2) is 29.2 Å². The third-order valence-electron chi connectivity index (χ3n) is 7.44. The number of likely N-dealkylation sites (tertiary alicyclic amines) is 1. The van der Waals surface area contributed by atoms with E-state index in [0.717, 1.165) is 90.3 Å². The lowest BCUT2D eigenvalue weighted by Crippen LogP contribution is -2.47. The summed E-state index contributed by atoms with van der Waals surface area (Å²) in [5, 5.41) is 0. The second-order valence-corrected chi connectivity index (χ2v) is 13.2. The fourth-order valence-electron chi connectivity index (χ4n) is 5.26. The Hall–Kier alpha value is -1.52. The van der Waals surface area contributed by atoms with E-state index >= 15 is 0 Å². The van der Waals surface area contributed by atoms with E-state index in [2.05, 4.69) is 9.80 Å². The van der Waals surface area contributed by atoms with Crippen molar-refractivity contribution >= 4 is 22.6 Å². The Kier molecular flexibility index (Phi) is 8.53. The maximum Gasteiger partial charge on any atom is 0.410 e. The first-order valence-electron chi connectivity index (χ1n) is 13.2. The molecular formula is C26H44N4O4S. The van der Waals surface area contributed by atoms with Gasteiger partial charge in [0.2, 0.25) is 0 Å². The highest BCUT2D eigenvalue weighted by Gasteiger charge is 2.29. The van der Waals surface area contributed by atoms with Crippen molar-refractivity contribution in [2.75, 3.05) is 63.8 Å². The van der Waals surface area contributed by atoms with Crippen LogP contribution in [-0.4, -0.2) is 93.8 Å². The van der Waals surface area contributed by atoms with Crippen molar-refractivity contribution in [2.24, 2.45) is 5.92 Å². The lowest BCUT2D eigenvalue weighted by Gasteiger charge is -2.41. The maximum absolute atomic E-state index is 12.3. The number of ether oxygens (including phenoxy) is 1. The summed E-state index contributed by atoms with van der Waals surface area (Å²) in [5.41, 5.74) is 0.717. The van der Waals surface area contributed by atoms with Gasteiger partial charge in [-0.25, -0.2) is 9.10 Å². The molecule has 35 heavy (non-hydrogen) atoms. The molecule has 0 unspecified atom stereocenters. The predicted molar refractivity (Wildman–Crippen MR) is 142 cm³/mol. The van der Waals surface area contributed by atoms with Crippen LogP contribution in [0.1, 0.15) is 52.9 Å². The molecule has 198 valence electrons. The molecule has 0 saturated carbocycles. The van der Waals surface area contributed by atoms with E-state index < -0.39 is 16.4 Å². The smallest absolute Gasteiger partial charge is 0.410 e. The van der Waals surface area contributed by atoms with Crippen LogP contribution in [-0.2, 0) is 4.74 Å². The van der Waals surface area contributed by atoms with Crippen molar-refractivity contribution < 1.29 is 18.6 Å². The molecule has 1 aromatic rings. The number of piperazine rings is 1. The summed E-state index contributed by atoms with van der Waals surface area (Å²) in [6.07, 6.45) is 5.18. The Balaban J connectivity index is 1.17. The van der Waals surface area contributed by atoms with Crippen molar-refractivity contribution in [3.63, 3.8) is 0 Å². The number of benzene rings is 1. The van der Waals surface area contributed by atoms with Gasteiger partial charge in [0, 0.05) is 58.0 Å². The van der Waals surface area contributed by atoms with Crippen molar-refractivity contribution in [1.29, 1.82) is 0 Å². The first kappa shape index (κ1) is 26.5. The Labute approximate surface area is 212 Å². The highest BCUT2D eigenvalue weighted by atomic mass is 32.3. The quantitative estimate of drug-likeness (QED) is 0.562. The normalized spacial score (nSPS) is 22.0. The van der Waals surface area contributed by atoms with Gasteiger partial charge < -0.3 is 14.5 Å². The number of amides is 1. The SMILES string of the molecule is CC(C)(C)OC(=O)N1CCC(CCN2CCN(c3ccc(S(O)(O)N4CCCC4)cc3)CC2)CC1. The minimum absolute atomic E-state index is 0.179. The summed E-state index contributed by atoms with van der Waals surface area (Å²) in [6.45, 7) is 14.0. The van der Waals surface area contributed by atoms with Gasteiger partial charge in [-0.15, -0.1) is 10.8 Å². The molecule has 0 bridgehead atoms. The third-order valence-corrected chi connectivity index (χ3v) is 9.43. The van der Waals surface area contributed by atoms with Crippen LogP contribution in [0.4, 0.5) is 10.5 Å². The van der Waals surface area contributed by atoms with E-state index in [0.29, 0.717) is 10.8 Å². The molecule has 3 saturated heterocycles. The Morgan fingerprint density at radius 3 is 2.11 bits per heavy atom. The topological polar surface area (TPSA) is 79.7 Å². The summed E-state index contributed by atoms with van der Waals surface area (Å²) >= 11 is 0. The minimum atomic E-state index is -2.85. The van der Waals surface area contributed by atoms with E-state index in [1.54, 1.807) is 0 Å². The largest absolute Gasteiger partial charge is 0.444 e. The average molecular weight is 509 g/mol. The van der Waals surface area contributed by atoms with Crippen molar-refractivity contribution in [3.8, 4) is 0 Å². The molecule has 1 amide bonds. The zero-order chi connectivity index (χ0) is 25.1. The number of carbonyl (C=O) groups is 1. The van der Waals surface area contributed by atoms with Crippen LogP contribution in [0.3, 0.4) is 0 Å². The molecule has 2 N–H and O–H groups in total. The number of piperidine rings is 1. The van der Waals surface area contributed by atoms with Crippen LogP contribution >= 0.6 is 10.8 Å². The van der Waals surface area contributed by atoms with Crippen molar-refractivity contribution in [2.45, 2.75) is 63.4 Å². The van der Waals surface area contributed by atoms with Gasteiger partial charge in [-0.3, -0.25) is 14.0 Å². The first-order valence-corrected chi connectivity index (χ1v) is 14.7. The molecule has 0 aromatic heterocycles. The number of hydrogen-bond donors (Lipinski definition) is 2. The van der Waals surface area contributed by atoms with Gasteiger partial charge in [0.25, 0.3) is 0 Å². The fraction of sp³-hybridized carbons (Fsp3) is 0.731. The molecule has 0 atom stereocenters. The molecule has 9 heteroatoms. The molecule has 3 fully saturated rings. The number of hydrogen-bond acceptors (Lipinski definition) is 7. The van der Waals surface area contributed by atoms with Gasteiger partial charge in [0.05, 0.1) is 4.90 Å². The van der Waals surface area contributed by atoms with Crippen LogP contribution in [0.5, 0.6) is 0 Å². The summed E-state index contributed by atoms with van der Waals surface area (Å²) in [7, 11) is -2.85. The molecule has 3 aliphatic rings. The second kappa shape index (κ2) is 11.3. The first-order chi connectivity index (χ1) is 16.6. The van der Waals surface area contributed by atoms with Crippen molar-refractivity contribution in [1.82, 2.24) is 14.1 Å². The molecule has 8 nitrogen and oxygen atoms in total. The monoisotopic (exact) mass is 508 g/mol. The van der Waals surface area contributed by atoms with E-state index in [1.165, 1.54) is 6.42 Å².